The zero-order chi connectivity index (χ0) is 26.2. The lowest BCUT2D eigenvalue weighted by Gasteiger charge is -2.37. The van der Waals surface area contributed by atoms with E-state index in [9.17, 15) is 19.5 Å². The number of pyridine rings is 1. The molecule has 0 saturated heterocycles. The SMILES string of the molecule is CCCCOCCN1C[C@H](Cc2ccccc2)n2cc(C(=O)O)c(=O)c(OCc3ccccc3)c2C1=O. The molecule has 194 valence electrons. The number of unbranched alkanes of at least 4 members (excludes halogenated alkanes) is 1. The Balaban J connectivity index is 1.74. The monoisotopic (exact) mass is 504 g/mol. The molecule has 1 amide bonds. The molecule has 8 nitrogen and oxygen atoms in total. The van der Waals surface area contributed by atoms with Gasteiger partial charge < -0.3 is 24.0 Å². The standard InChI is InChI=1S/C29H32N2O6/c1-2-3-15-36-16-14-30-18-23(17-21-10-6-4-7-11-21)31-19-24(29(34)35)26(32)27(25(31)28(30)33)37-20-22-12-8-5-9-13-22/h4-13,19,23H,2-3,14-18,20H2,1H3,(H,34,35)/t23-/m0/s1. The number of amides is 1. The molecule has 0 radical (unpaired) electrons. The number of benzene rings is 2. The Bertz CT molecular complexity index is 1270. The van der Waals surface area contributed by atoms with Gasteiger partial charge in [0.05, 0.1) is 12.6 Å². The quantitative estimate of drug-likeness (QED) is 0.372. The molecule has 0 unspecified atom stereocenters. The number of fused-ring (bicyclic) bond motifs is 1. The highest BCUT2D eigenvalue weighted by atomic mass is 16.5. The lowest BCUT2D eigenvalue weighted by atomic mass is 10.0. The smallest absolute Gasteiger partial charge is 0.341 e. The highest BCUT2D eigenvalue weighted by molar-refractivity contribution is 5.97. The number of carbonyl (C=O) groups is 2. The van der Waals surface area contributed by atoms with E-state index in [-0.39, 0.29) is 30.0 Å². The number of aromatic nitrogens is 1. The second-order valence-corrected chi connectivity index (χ2v) is 9.10. The van der Waals surface area contributed by atoms with Crippen LogP contribution in [-0.2, 0) is 17.8 Å². The van der Waals surface area contributed by atoms with Crippen LogP contribution in [0.5, 0.6) is 5.75 Å². The van der Waals surface area contributed by atoms with Crippen LogP contribution in [0.2, 0.25) is 0 Å². The third-order valence-electron chi connectivity index (χ3n) is 6.42. The summed E-state index contributed by atoms with van der Waals surface area (Å²) < 4.78 is 13.2. The summed E-state index contributed by atoms with van der Waals surface area (Å²) in [5.41, 5.74) is 0.684. The summed E-state index contributed by atoms with van der Waals surface area (Å²) in [5.74, 6) is -1.97. The Labute approximate surface area is 216 Å². The predicted octanol–water partition coefficient (Wildman–Crippen LogP) is 4.18. The molecule has 2 aromatic carbocycles. The van der Waals surface area contributed by atoms with Crippen molar-refractivity contribution in [3.05, 3.63) is 99.5 Å². The van der Waals surface area contributed by atoms with Crippen molar-refractivity contribution in [1.82, 2.24) is 9.47 Å². The van der Waals surface area contributed by atoms with Crippen molar-refractivity contribution in [3.8, 4) is 5.75 Å². The maximum absolute atomic E-state index is 13.7. The maximum atomic E-state index is 13.7. The van der Waals surface area contributed by atoms with Crippen LogP contribution in [0.4, 0.5) is 0 Å². The largest absolute Gasteiger partial charge is 0.483 e. The molecule has 0 fully saturated rings. The first-order chi connectivity index (χ1) is 18.0. The number of carboxylic acids is 1. The van der Waals surface area contributed by atoms with Crippen LogP contribution < -0.4 is 10.2 Å². The Morgan fingerprint density at radius 3 is 2.32 bits per heavy atom. The highest BCUT2D eigenvalue weighted by Crippen LogP contribution is 2.30. The van der Waals surface area contributed by atoms with Crippen LogP contribution in [0.25, 0.3) is 0 Å². The second-order valence-electron chi connectivity index (χ2n) is 9.10. The van der Waals surface area contributed by atoms with E-state index in [1.807, 2.05) is 60.7 Å². The van der Waals surface area contributed by atoms with Crippen molar-refractivity contribution < 1.29 is 24.2 Å². The molecule has 2 heterocycles. The van der Waals surface area contributed by atoms with E-state index in [2.05, 4.69) is 6.92 Å². The minimum atomic E-state index is -1.36. The lowest BCUT2D eigenvalue weighted by Crippen LogP contribution is -2.47. The van der Waals surface area contributed by atoms with E-state index < -0.39 is 17.0 Å². The number of nitrogens with zero attached hydrogens (tertiary/aromatic N) is 2. The van der Waals surface area contributed by atoms with Crippen LogP contribution in [-0.4, -0.2) is 52.8 Å². The first kappa shape index (κ1) is 26.2. The normalized spacial score (nSPS) is 14.9. The van der Waals surface area contributed by atoms with Gasteiger partial charge in [0.25, 0.3) is 5.91 Å². The van der Waals surface area contributed by atoms with Gasteiger partial charge in [0.2, 0.25) is 5.43 Å². The van der Waals surface area contributed by atoms with E-state index in [0.29, 0.717) is 32.7 Å². The van der Waals surface area contributed by atoms with Crippen LogP contribution in [0.1, 0.15) is 57.8 Å². The van der Waals surface area contributed by atoms with Gasteiger partial charge in [-0.25, -0.2) is 4.79 Å². The summed E-state index contributed by atoms with van der Waals surface area (Å²) in [6, 6.07) is 18.7. The zero-order valence-corrected chi connectivity index (χ0v) is 21.0. The van der Waals surface area contributed by atoms with Gasteiger partial charge >= 0.3 is 5.97 Å². The molecule has 8 heteroatoms. The summed E-state index contributed by atoms with van der Waals surface area (Å²) in [6.45, 7) is 3.83. The van der Waals surface area contributed by atoms with E-state index in [1.54, 1.807) is 9.47 Å². The van der Waals surface area contributed by atoms with Crippen LogP contribution in [0.3, 0.4) is 0 Å². The predicted molar refractivity (Wildman–Crippen MR) is 139 cm³/mol. The average molecular weight is 505 g/mol. The van der Waals surface area contributed by atoms with E-state index in [0.717, 1.165) is 24.0 Å². The van der Waals surface area contributed by atoms with Crippen LogP contribution in [0.15, 0.2) is 71.7 Å². The average Bonchev–Trinajstić information content (AvgIpc) is 2.91. The van der Waals surface area contributed by atoms with Gasteiger partial charge in [0.15, 0.2) is 11.4 Å². The van der Waals surface area contributed by atoms with Gasteiger partial charge in [-0.1, -0.05) is 74.0 Å². The highest BCUT2D eigenvalue weighted by Gasteiger charge is 2.36. The van der Waals surface area contributed by atoms with Crippen molar-refractivity contribution in [3.63, 3.8) is 0 Å². The van der Waals surface area contributed by atoms with Crippen molar-refractivity contribution in [1.29, 1.82) is 0 Å². The molecule has 4 rings (SSSR count). The number of ether oxygens (including phenoxy) is 2. The molecular weight excluding hydrogens is 472 g/mol. The van der Waals surface area contributed by atoms with Gasteiger partial charge in [0.1, 0.15) is 12.2 Å². The molecule has 1 aromatic heterocycles. The fourth-order valence-corrected chi connectivity index (χ4v) is 4.46. The van der Waals surface area contributed by atoms with Gasteiger partial charge in [-0.2, -0.15) is 0 Å². The van der Waals surface area contributed by atoms with Crippen molar-refractivity contribution in [2.24, 2.45) is 0 Å². The second kappa shape index (κ2) is 12.4. The topological polar surface area (TPSA) is 98.1 Å². The summed E-state index contributed by atoms with van der Waals surface area (Å²) >= 11 is 0. The molecule has 1 N–H and O–H groups in total. The number of rotatable bonds is 12. The van der Waals surface area contributed by atoms with Crippen LogP contribution in [0, 0.1) is 0 Å². The van der Waals surface area contributed by atoms with Crippen molar-refractivity contribution in [2.75, 3.05) is 26.3 Å². The Morgan fingerprint density at radius 1 is 1.00 bits per heavy atom. The fraction of sp³-hybridized carbons (Fsp3) is 0.345. The fourth-order valence-electron chi connectivity index (χ4n) is 4.46. The molecule has 3 aromatic rings. The number of aromatic carboxylic acids is 1. The van der Waals surface area contributed by atoms with Crippen molar-refractivity contribution in [2.45, 2.75) is 38.8 Å². The summed E-state index contributed by atoms with van der Waals surface area (Å²) in [7, 11) is 0. The first-order valence-corrected chi connectivity index (χ1v) is 12.6. The third kappa shape index (κ3) is 6.27. The summed E-state index contributed by atoms with van der Waals surface area (Å²) in [4.78, 5) is 40.6. The van der Waals surface area contributed by atoms with Crippen LogP contribution >= 0.6 is 0 Å². The van der Waals surface area contributed by atoms with Gasteiger partial charge in [-0.15, -0.1) is 0 Å². The van der Waals surface area contributed by atoms with Crippen molar-refractivity contribution >= 4 is 11.9 Å². The summed E-state index contributed by atoms with van der Waals surface area (Å²) in [6.07, 6.45) is 3.80. The van der Waals surface area contributed by atoms with E-state index >= 15 is 0 Å². The van der Waals surface area contributed by atoms with Gasteiger partial charge in [-0.3, -0.25) is 9.59 Å². The molecular formula is C29H32N2O6. The zero-order valence-electron chi connectivity index (χ0n) is 21.0. The first-order valence-electron chi connectivity index (χ1n) is 12.6. The molecule has 1 aliphatic rings. The molecule has 0 spiro atoms. The molecule has 0 aliphatic carbocycles. The molecule has 1 atom stereocenters. The summed E-state index contributed by atoms with van der Waals surface area (Å²) in [5, 5.41) is 9.78. The maximum Gasteiger partial charge on any atom is 0.341 e. The minimum absolute atomic E-state index is 0.0307. The Hall–Kier alpha value is -3.91. The van der Waals surface area contributed by atoms with Gasteiger partial charge in [0, 0.05) is 25.9 Å². The number of carboxylic acid groups (broad SMARTS) is 1. The Morgan fingerprint density at radius 2 is 1.68 bits per heavy atom. The van der Waals surface area contributed by atoms with Gasteiger partial charge in [-0.05, 0) is 24.0 Å². The number of hydrogen-bond acceptors (Lipinski definition) is 5. The number of hydrogen-bond donors (Lipinski definition) is 1. The third-order valence-corrected chi connectivity index (χ3v) is 6.42. The van der Waals surface area contributed by atoms with E-state index in [1.165, 1.54) is 6.20 Å². The molecule has 0 saturated carbocycles. The van der Waals surface area contributed by atoms with E-state index in [4.69, 9.17) is 9.47 Å². The molecule has 1 aliphatic heterocycles. The molecule has 0 bridgehead atoms. The molecule has 37 heavy (non-hydrogen) atoms. The Kier molecular flexibility index (Phi) is 8.74. The number of carbonyl (C=O) groups excluding carboxylic acids is 1. The lowest BCUT2D eigenvalue weighted by molar-refractivity contribution is 0.0530. The minimum Gasteiger partial charge on any atom is -0.483 e.